The standard InChI is InChI=1S/C14H17NO2/c16-14(17)12-8-4-5-9-13(12)15-10-11-6-2-1-3-7-11/h1-3,6-7,10,12-13H,4-5,8-9H2,(H,16,17)/t12-,13+/m0/s1. The summed E-state index contributed by atoms with van der Waals surface area (Å²) in [4.78, 5) is 15.6. The first kappa shape index (κ1) is 11.8. The Morgan fingerprint density at radius 1 is 1.24 bits per heavy atom. The molecule has 1 aliphatic carbocycles. The minimum atomic E-state index is -0.708. The van der Waals surface area contributed by atoms with Crippen LogP contribution in [0.15, 0.2) is 35.3 Å². The lowest BCUT2D eigenvalue weighted by Gasteiger charge is -2.25. The van der Waals surface area contributed by atoms with Gasteiger partial charge in [0.2, 0.25) is 0 Å². The quantitative estimate of drug-likeness (QED) is 0.813. The largest absolute Gasteiger partial charge is 0.481 e. The molecule has 1 saturated carbocycles. The number of nitrogens with zero attached hydrogens (tertiary/aromatic N) is 1. The molecule has 0 saturated heterocycles. The fourth-order valence-corrected chi connectivity index (χ4v) is 2.30. The third-order valence-electron chi connectivity index (χ3n) is 3.26. The first-order valence-corrected chi connectivity index (χ1v) is 6.08. The molecule has 3 nitrogen and oxygen atoms in total. The van der Waals surface area contributed by atoms with E-state index in [1.54, 1.807) is 6.21 Å². The summed E-state index contributed by atoms with van der Waals surface area (Å²) in [7, 11) is 0. The van der Waals surface area contributed by atoms with Gasteiger partial charge in [-0.1, -0.05) is 43.2 Å². The highest BCUT2D eigenvalue weighted by Crippen LogP contribution is 2.27. The van der Waals surface area contributed by atoms with Crippen molar-refractivity contribution in [2.45, 2.75) is 31.7 Å². The number of carboxylic acid groups (broad SMARTS) is 1. The van der Waals surface area contributed by atoms with Gasteiger partial charge in [0.25, 0.3) is 0 Å². The summed E-state index contributed by atoms with van der Waals surface area (Å²) in [5.74, 6) is -1.01. The summed E-state index contributed by atoms with van der Waals surface area (Å²) in [6.45, 7) is 0. The van der Waals surface area contributed by atoms with Gasteiger partial charge in [0, 0.05) is 6.21 Å². The minimum Gasteiger partial charge on any atom is -0.481 e. The predicted molar refractivity (Wildman–Crippen MR) is 67.4 cm³/mol. The lowest BCUT2D eigenvalue weighted by molar-refractivity contribution is -0.143. The second-order valence-corrected chi connectivity index (χ2v) is 4.49. The van der Waals surface area contributed by atoms with Crippen molar-refractivity contribution in [1.29, 1.82) is 0 Å². The first-order valence-electron chi connectivity index (χ1n) is 6.08. The van der Waals surface area contributed by atoms with Gasteiger partial charge in [-0.05, 0) is 18.4 Å². The number of aliphatic imine (C=N–C) groups is 1. The van der Waals surface area contributed by atoms with Crippen LogP contribution < -0.4 is 0 Å². The number of benzene rings is 1. The SMILES string of the molecule is O=C(O)[C@H]1CCCC[C@H]1N=Cc1ccccc1. The third-order valence-corrected chi connectivity index (χ3v) is 3.26. The van der Waals surface area contributed by atoms with Crippen LogP contribution in [0.5, 0.6) is 0 Å². The molecule has 1 aromatic rings. The molecular formula is C14H17NO2. The van der Waals surface area contributed by atoms with Gasteiger partial charge in [-0.3, -0.25) is 9.79 Å². The van der Waals surface area contributed by atoms with E-state index < -0.39 is 5.97 Å². The first-order chi connectivity index (χ1) is 8.27. The predicted octanol–water partition coefficient (Wildman–Crippen LogP) is 2.75. The van der Waals surface area contributed by atoms with Gasteiger partial charge in [0.05, 0.1) is 12.0 Å². The number of carbonyl (C=O) groups is 1. The number of hydrogen-bond donors (Lipinski definition) is 1. The van der Waals surface area contributed by atoms with Crippen LogP contribution >= 0.6 is 0 Å². The Kier molecular flexibility index (Phi) is 3.91. The maximum Gasteiger partial charge on any atom is 0.308 e. The maximum atomic E-state index is 11.1. The molecule has 1 N–H and O–H groups in total. The van der Waals surface area contributed by atoms with Crippen LogP contribution in [0.25, 0.3) is 0 Å². The van der Waals surface area contributed by atoms with Crippen LogP contribution in [0.1, 0.15) is 31.2 Å². The Hall–Kier alpha value is -1.64. The lowest BCUT2D eigenvalue weighted by atomic mass is 9.85. The molecule has 0 spiro atoms. The van der Waals surface area contributed by atoms with Gasteiger partial charge in [-0.2, -0.15) is 0 Å². The van der Waals surface area contributed by atoms with Gasteiger partial charge >= 0.3 is 5.97 Å². The van der Waals surface area contributed by atoms with Crippen molar-refractivity contribution in [1.82, 2.24) is 0 Å². The van der Waals surface area contributed by atoms with Crippen molar-refractivity contribution in [3.05, 3.63) is 35.9 Å². The Morgan fingerprint density at radius 2 is 1.94 bits per heavy atom. The van der Waals surface area contributed by atoms with E-state index in [-0.39, 0.29) is 12.0 Å². The summed E-state index contributed by atoms with van der Waals surface area (Å²) >= 11 is 0. The van der Waals surface area contributed by atoms with Gasteiger partial charge in [-0.25, -0.2) is 0 Å². The zero-order valence-corrected chi connectivity index (χ0v) is 9.75. The molecule has 90 valence electrons. The van der Waals surface area contributed by atoms with Gasteiger partial charge < -0.3 is 5.11 Å². The van der Waals surface area contributed by atoms with Gasteiger partial charge in [0.15, 0.2) is 0 Å². The van der Waals surface area contributed by atoms with E-state index in [9.17, 15) is 4.79 Å². The number of rotatable bonds is 3. The summed E-state index contributed by atoms with van der Waals surface area (Å²) in [6, 6.07) is 9.76. The Bertz CT molecular complexity index is 400. The molecule has 2 atom stereocenters. The van der Waals surface area contributed by atoms with Crippen molar-refractivity contribution < 1.29 is 9.90 Å². The minimum absolute atomic E-state index is 0.0542. The van der Waals surface area contributed by atoms with E-state index in [1.807, 2.05) is 30.3 Å². The Balaban J connectivity index is 2.06. The molecule has 17 heavy (non-hydrogen) atoms. The molecule has 0 aromatic heterocycles. The van der Waals surface area contributed by atoms with Crippen molar-refractivity contribution in [3.8, 4) is 0 Å². The molecule has 0 bridgehead atoms. The second-order valence-electron chi connectivity index (χ2n) is 4.49. The third kappa shape index (κ3) is 3.16. The van der Waals surface area contributed by atoms with E-state index in [2.05, 4.69) is 4.99 Å². The molecule has 0 radical (unpaired) electrons. The molecule has 0 unspecified atom stereocenters. The highest BCUT2D eigenvalue weighted by atomic mass is 16.4. The average Bonchev–Trinajstić information content (AvgIpc) is 2.38. The van der Waals surface area contributed by atoms with E-state index in [0.29, 0.717) is 0 Å². The molecule has 2 rings (SSSR count). The number of carboxylic acids is 1. The van der Waals surface area contributed by atoms with E-state index >= 15 is 0 Å². The highest BCUT2D eigenvalue weighted by Gasteiger charge is 2.29. The smallest absolute Gasteiger partial charge is 0.308 e. The molecule has 3 heteroatoms. The van der Waals surface area contributed by atoms with Crippen molar-refractivity contribution >= 4 is 12.2 Å². The zero-order chi connectivity index (χ0) is 12.1. The Morgan fingerprint density at radius 3 is 2.65 bits per heavy atom. The van der Waals surface area contributed by atoms with Crippen LogP contribution in [0.4, 0.5) is 0 Å². The fraction of sp³-hybridized carbons (Fsp3) is 0.429. The van der Waals surface area contributed by atoms with Crippen LogP contribution in [-0.2, 0) is 4.79 Å². The van der Waals surface area contributed by atoms with Crippen LogP contribution in [0.2, 0.25) is 0 Å². The van der Waals surface area contributed by atoms with Crippen LogP contribution in [0.3, 0.4) is 0 Å². The fourth-order valence-electron chi connectivity index (χ4n) is 2.30. The topological polar surface area (TPSA) is 49.7 Å². The summed E-state index contributed by atoms with van der Waals surface area (Å²) in [5.41, 5.74) is 1.03. The normalized spacial score (nSPS) is 24.9. The van der Waals surface area contributed by atoms with Crippen LogP contribution in [-0.4, -0.2) is 23.3 Å². The van der Waals surface area contributed by atoms with E-state index in [1.165, 1.54) is 0 Å². The number of hydrogen-bond acceptors (Lipinski definition) is 2. The molecule has 1 aromatic carbocycles. The molecule has 0 aliphatic heterocycles. The van der Waals surface area contributed by atoms with Gasteiger partial charge in [-0.15, -0.1) is 0 Å². The molecule has 1 aliphatic rings. The van der Waals surface area contributed by atoms with Crippen molar-refractivity contribution in [2.24, 2.45) is 10.9 Å². The Labute approximate surface area is 101 Å². The molecular weight excluding hydrogens is 214 g/mol. The van der Waals surface area contributed by atoms with E-state index in [4.69, 9.17) is 5.11 Å². The molecule has 1 fully saturated rings. The summed E-state index contributed by atoms with van der Waals surface area (Å²) in [5, 5.41) is 9.13. The molecule has 0 amide bonds. The summed E-state index contributed by atoms with van der Waals surface area (Å²) in [6.07, 6.45) is 5.53. The van der Waals surface area contributed by atoms with Crippen molar-refractivity contribution in [3.63, 3.8) is 0 Å². The highest BCUT2D eigenvalue weighted by molar-refractivity contribution is 5.80. The lowest BCUT2D eigenvalue weighted by Crippen LogP contribution is -2.30. The molecule has 0 heterocycles. The monoisotopic (exact) mass is 231 g/mol. The van der Waals surface area contributed by atoms with Crippen molar-refractivity contribution in [2.75, 3.05) is 0 Å². The average molecular weight is 231 g/mol. The zero-order valence-electron chi connectivity index (χ0n) is 9.75. The summed E-state index contributed by atoms with van der Waals surface area (Å²) < 4.78 is 0. The second kappa shape index (κ2) is 5.62. The van der Waals surface area contributed by atoms with Gasteiger partial charge in [0.1, 0.15) is 0 Å². The number of aliphatic carboxylic acids is 1. The van der Waals surface area contributed by atoms with E-state index in [0.717, 1.165) is 31.2 Å². The maximum absolute atomic E-state index is 11.1. The van der Waals surface area contributed by atoms with Crippen LogP contribution in [0, 0.1) is 5.92 Å².